The van der Waals surface area contributed by atoms with E-state index in [-0.39, 0.29) is 5.91 Å². The molecule has 0 unspecified atom stereocenters. The second-order valence-electron chi connectivity index (χ2n) is 4.58. The molecule has 2 rings (SSSR count). The maximum Gasteiger partial charge on any atom is 0.234 e. The zero-order valence-corrected chi connectivity index (χ0v) is 11.1. The van der Waals surface area contributed by atoms with Crippen molar-refractivity contribution in [2.24, 2.45) is 0 Å². The van der Waals surface area contributed by atoms with Gasteiger partial charge in [-0.05, 0) is 31.4 Å². The normalized spacial score (nSPS) is 16.1. The third-order valence-corrected chi connectivity index (χ3v) is 4.54. The van der Waals surface area contributed by atoms with Gasteiger partial charge < -0.3 is 5.32 Å². The van der Waals surface area contributed by atoms with Crippen molar-refractivity contribution in [3.63, 3.8) is 0 Å². The van der Waals surface area contributed by atoms with Gasteiger partial charge in [-0.15, -0.1) is 11.8 Å². The molecule has 0 spiro atoms. The van der Waals surface area contributed by atoms with E-state index in [4.69, 9.17) is 0 Å². The van der Waals surface area contributed by atoms with Crippen LogP contribution in [0.25, 0.3) is 0 Å². The molecule has 1 N–H and O–H groups in total. The molecule has 0 saturated heterocycles. The molecule has 1 aliphatic carbocycles. The van der Waals surface area contributed by atoms with Gasteiger partial charge in [-0.1, -0.05) is 31.0 Å². The van der Waals surface area contributed by atoms with Crippen LogP contribution in [-0.4, -0.2) is 16.9 Å². The maximum absolute atomic E-state index is 11.8. The summed E-state index contributed by atoms with van der Waals surface area (Å²) >= 11 is 1.81. The number of nitrogens with one attached hydrogen (secondary N) is 1. The summed E-state index contributed by atoms with van der Waals surface area (Å²) < 4.78 is 0. The Kier molecular flexibility index (Phi) is 4.49. The standard InChI is InChI=1S/C14H19NOS/c1-11-6-2-5-9-13(11)15-14(16)10-17-12-7-3-4-8-12/h2,5-6,9,12H,3-4,7-8,10H2,1H3,(H,15,16). The average Bonchev–Trinajstić information content (AvgIpc) is 2.82. The first kappa shape index (κ1) is 12.5. The summed E-state index contributed by atoms with van der Waals surface area (Å²) in [5.74, 6) is 0.704. The number of para-hydroxylation sites is 1. The van der Waals surface area contributed by atoms with Crippen molar-refractivity contribution in [2.75, 3.05) is 11.1 Å². The molecule has 1 amide bonds. The maximum atomic E-state index is 11.8. The molecule has 1 aromatic carbocycles. The minimum Gasteiger partial charge on any atom is -0.325 e. The van der Waals surface area contributed by atoms with Crippen LogP contribution in [0.2, 0.25) is 0 Å². The first-order valence-electron chi connectivity index (χ1n) is 6.23. The van der Waals surface area contributed by atoms with Gasteiger partial charge in [0.2, 0.25) is 5.91 Å². The van der Waals surface area contributed by atoms with Gasteiger partial charge in [0.1, 0.15) is 0 Å². The van der Waals surface area contributed by atoms with Crippen LogP contribution < -0.4 is 5.32 Å². The lowest BCUT2D eigenvalue weighted by molar-refractivity contribution is -0.113. The highest BCUT2D eigenvalue weighted by molar-refractivity contribution is 8.00. The summed E-state index contributed by atoms with van der Waals surface area (Å²) in [5, 5.41) is 3.68. The van der Waals surface area contributed by atoms with Crippen molar-refractivity contribution in [3.8, 4) is 0 Å². The molecular formula is C14H19NOS. The largest absolute Gasteiger partial charge is 0.325 e. The van der Waals surface area contributed by atoms with Crippen molar-refractivity contribution in [1.82, 2.24) is 0 Å². The molecule has 2 nitrogen and oxygen atoms in total. The lowest BCUT2D eigenvalue weighted by Gasteiger charge is -2.10. The van der Waals surface area contributed by atoms with Gasteiger partial charge in [-0.25, -0.2) is 0 Å². The first-order valence-corrected chi connectivity index (χ1v) is 7.27. The second-order valence-corrected chi connectivity index (χ2v) is 5.87. The number of amides is 1. The lowest BCUT2D eigenvalue weighted by atomic mass is 10.2. The summed E-state index contributed by atoms with van der Waals surface area (Å²) in [6.07, 6.45) is 5.22. The van der Waals surface area contributed by atoms with E-state index in [0.717, 1.165) is 11.3 Å². The average molecular weight is 249 g/mol. The van der Waals surface area contributed by atoms with E-state index < -0.39 is 0 Å². The molecule has 1 saturated carbocycles. The van der Waals surface area contributed by atoms with E-state index in [1.54, 1.807) is 11.8 Å². The van der Waals surface area contributed by atoms with Crippen molar-refractivity contribution in [3.05, 3.63) is 29.8 Å². The molecule has 1 fully saturated rings. The van der Waals surface area contributed by atoms with Gasteiger partial charge in [0.05, 0.1) is 5.75 Å². The van der Waals surface area contributed by atoms with Crippen LogP contribution in [0, 0.1) is 6.92 Å². The van der Waals surface area contributed by atoms with Crippen molar-refractivity contribution in [1.29, 1.82) is 0 Å². The van der Waals surface area contributed by atoms with Crippen LogP contribution in [0.15, 0.2) is 24.3 Å². The topological polar surface area (TPSA) is 29.1 Å². The van der Waals surface area contributed by atoms with E-state index >= 15 is 0 Å². The monoisotopic (exact) mass is 249 g/mol. The zero-order chi connectivity index (χ0) is 12.1. The second kappa shape index (κ2) is 6.10. The van der Waals surface area contributed by atoms with E-state index in [9.17, 15) is 4.79 Å². The Balaban J connectivity index is 1.79. The molecule has 1 aromatic rings. The molecule has 0 radical (unpaired) electrons. The van der Waals surface area contributed by atoms with Crippen LogP contribution in [0.1, 0.15) is 31.2 Å². The summed E-state index contributed by atoms with van der Waals surface area (Å²) in [7, 11) is 0. The van der Waals surface area contributed by atoms with E-state index in [2.05, 4.69) is 5.32 Å². The highest BCUT2D eigenvalue weighted by Crippen LogP contribution is 2.29. The Morgan fingerprint density at radius 3 is 2.76 bits per heavy atom. The third kappa shape index (κ3) is 3.77. The number of hydrogen-bond acceptors (Lipinski definition) is 2. The Bertz CT molecular complexity index is 386. The lowest BCUT2D eigenvalue weighted by Crippen LogP contribution is -2.16. The molecule has 17 heavy (non-hydrogen) atoms. The van der Waals surface area contributed by atoms with Gasteiger partial charge in [-0.2, -0.15) is 0 Å². The minimum absolute atomic E-state index is 0.121. The number of anilines is 1. The van der Waals surface area contributed by atoms with Crippen LogP contribution in [-0.2, 0) is 4.79 Å². The number of hydrogen-bond donors (Lipinski definition) is 1. The molecular weight excluding hydrogens is 230 g/mol. The van der Waals surface area contributed by atoms with Gasteiger partial charge in [0.25, 0.3) is 0 Å². The zero-order valence-electron chi connectivity index (χ0n) is 10.2. The SMILES string of the molecule is Cc1ccccc1NC(=O)CSC1CCCC1. The van der Waals surface area contributed by atoms with Crippen LogP contribution in [0.4, 0.5) is 5.69 Å². The van der Waals surface area contributed by atoms with Crippen molar-refractivity contribution < 1.29 is 4.79 Å². The molecule has 92 valence electrons. The Morgan fingerprint density at radius 1 is 1.35 bits per heavy atom. The predicted molar refractivity (Wildman–Crippen MR) is 74.5 cm³/mol. The Morgan fingerprint density at radius 2 is 2.06 bits per heavy atom. The molecule has 0 heterocycles. The van der Waals surface area contributed by atoms with Crippen molar-refractivity contribution >= 4 is 23.4 Å². The summed E-state index contributed by atoms with van der Waals surface area (Å²) in [5.41, 5.74) is 2.05. The quantitative estimate of drug-likeness (QED) is 0.883. The van der Waals surface area contributed by atoms with E-state index in [0.29, 0.717) is 11.0 Å². The fourth-order valence-corrected chi connectivity index (χ4v) is 3.27. The van der Waals surface area contributed by atoms with E-state index in [1.165, 1.54) is 25.7 Å². The third-order valence-electron chi connectivity index (χ3n) is 3.17. The number of benzene rings is 1. The number of rotatable bonds is 4. The van der Waals surface area contributed by atoms with Crippen molar-refractivity contribution in [2.45, 2.75) is 37.9 Å². The summed E-state index contributed by atoms with van der Waals surface area (Å²) in [6, 6.07) is 7.90. The fourth-order valence-electron chi connectivity index (χ4n) is 2.15. The first-order chi connectivity index (χ1) is 8.25. The molecule has 0 aliphatic heterocycles. The number of carbonyl (C=O) groups is 1. The van der Waals surface area contributed by atoms with Gasteiger partial charge in [0, 0.05) is 10.9 Å². The number of carbonyl (C=O) groups excluding carboxylic acids is 1. The molecule has 0 aromatic heterocycles. The van der Waals surface area contributed by atoms with E-state index in [1.807, 2.05) is 31.2 Å². The van der Waals surface area contributed by atoms with Gasteiger partial charge in [-0.3, -0.25) is 4.79 Å². The molecule has 1 aliphatic rings. The molecule has 0 atom stereocenters. The molecule has 0 bridgehead atoms. The smallest absolute Gasteiger partial charge is 0.234 e. The molecule has 3 heteroatoms. The number of thioether (sulfide) groups is 1. The Hall–Kier alpha value is -0.960. The minimum atomic E-state index is 0.121. The summed E-state index contributed by atoms with van der Waals surface area (Å²) in [6.45, 7) is 2.01. The fraction of sp³-hybridized carbons (Fsp3) is 0.500. The van der Waals surface area contributed by atoms with Gasteiger partial charge >= 0.3 is 0 Å². The highest BCUT2D eigenvalue weighted by Gasteiger charge is 2.16. The number of aryl methyl sites for hydroxylation is 1. The Labute approximate surface area is 107 Å². The van der Waals surface area contributed by atoms with Crippen LogP contribution in [0.5, 0.6) is 0 Å². The van der Waals surface area contributed by atoms with Crippen LogP contribution >= 0.6 is 11.8 Å². The predicted octanol–water partition coefficient (Wildman–Crippen LogP) is 3.61. The summed E-state index contributed by atoms with van der Waals surface area (Å²) in [4.78, 5) is 11.8. The highest BCUT2D eigenvalue weighted by atomic mass is 32.2. The van der Waals surface area contributed by atoms with Crippen LogP contribution in [0.3, 0.4) is 0 Å². The van der Waals surface area contributed by atoms with Gasteiger partial charge in [0.15, 0.2) is 0 Å².